The molecule has 2 nitrogen and oxygen atoms in total. The lowest BCUT2D eigenvalue weighted by molar-refractivity contribution is 0.868. The summed E-state index contributed by atoms with van der Waals surface area (Å²) < 4.78 is 0. The topological polar surface area (TPSA) is 24.1 Å². The van der Waals surface area contributed by atoms with E-state index in [0.29, 0.717) is 11.0 Å². The van der Waals surface area contributed by atoms with Crippen molar-refractivity contribution < 1.29 is 0 Å². The van der Waals surface area contributed by atoms with Crippen molar-refractivity contribution in [2.45, 2.75) is 33.6 Å². The molecule has 2 N–H and O–H groups in total. The van der Waals surface area contributed by atoms with E-state index in [9.17, 15) is 0 Å². The highest BCUT2D eigenvalue weighted by Crippen LogP contribution is 2.27. The molecule has 0 aliphatic rings. The second-order valence-corrected chi connectivity index (χ2v) is 6.00. The van der Waals surface area contributed by atoms with Crippen molar-refractivity contribution in [3.05, 3.63) is 59.2 Å². The average molecular weight is 298 g/mol. The Labute approximate surface area is 132 Å². The van der Waals surface area contributed by atoms with Crippen LogP contribution in [0.15, 0.2) is 42.5 Å². The van der Waals surface area contributed by atoms with E-state index in [1.807, 2.05) is 18.2 Å². The predicted octanol–water partition coefficient (Wildman–Crippen LogP) is 5.24. The molecule has 0 aliphatic carbocycles. The molecule has 0 heterocycles. The third-order valence-corrected chi connectivity index (χ3v) is 3.76. The maximum Gasteiger partial charge on any atom is 0.175 e. The molecular weight excluding hydrogens is 276 g/mol. The molecule has 2 aromatic rings. The SMILES string of the molecule is Cc1ccccc1NC(=S)Nc1c(C)cccc1C(C)C. The number of para-hydroxylation sites is 2. The first-order valence-corrected chi connectivity index (χ1v) is 7.63. The number of aryl methyl sites for hydroxylation is 2. The molecule has 0 spiro atoms. The maximum absolute atomic E-state index is 5.46. The van der Waals surface area contributed by atoms with Crippen molar-refractivity contribution in [1.82, 2.24) is 0 Å². The summed E-state index contributed by atoms with van der Waals surface area (Å²) in [6, 6.07) is 14.5. The Kier molecular flexibility index (Phi) is 4.97. The molecule has 0 fully saturated rings. The van der Waals surface area contributed by atoms with Crippen LogP contribution in [0.1, 0.15) is 36.5 Å². The van der Waals surface area contributed by atoms with Crippen LogP contribution in [-0.4, -0.2) is 5.11 Å². The fourth-order valence-corrected chi connectivity index (χ4v) is 2.53. The van der Waals surface area contributed by atoms with E-state index in [1.54, 1.807) is 0 Å². The van der Waals surface area contributed by atoms with Gasteiger partial charge < -0.3 is 10.6 Å². The van der Waals surface area contributed by atoms with Crippen LogP contribution in [0.4, 0.5) is 11.4 Å². The van der Waals surface area contributed by atoms with E-state index in [1.165, 1.54) is 16.7 Å². The van der Waals surface area contributed by atoms with Gasteiger partial charge in [0.25, 0.3) is 0 Å². The first kappa shape index (κ1) is 15.5. The van der Waals surface area contributed by atoms with Gasteiger partial charge in [-0.2, -0.15) is 0 Å². The minimum absolute atomic E-state index is 0.452. The predicted molar refractivity (Wildman–Crippen MR) is 96.3 cm³/mol. The summed E-state index contributed by atoms with van der Waals surface area (Å²) in [5.74, 6) is 0.452. The number of hydrogen-bond donors (Lipinski definition) is 2. The largest absolute Gasteiger partial charge is 0.332 e. The maximum atomic E-state index is 5.46. The Hall–Kier alpha value is -1.87. The van der Waals surface area contributed by atoms with E-state index >= 15 is 0 Å². The minimum Gasteiger partial charge on any atom is -0.332 e. The van der Waals surface area contributed by atoms with Gasteiger partial charge in [-0.25, -0.2) is 0 Å². The smallest absolute Gasteiger partial charge is 0.175 e. The van der Waals surface area contributed by atoms with E-state index in [0.717, 1.165) is 11.4 Å². The standard InChI is InChI=1S/C18H22N2S/c1-12(2)15-10-7-9-14(4)17(15)20-18(21)19-16-11-6-5-8-13(16)3/h5-12H,1-4H3,(H2,19,20,21). The number of anilines is 2. The Morgan fingerprint density at radius 2 is 1.57 bits per heavy atom. The highest BCUT2D eigenvalue weighted by atomic mass is 32.1. The van der Waals surface area contributed by atoms with Gasteiger partial charge in [0.1, 0.15) is 0 Å². The molecular formula is C18H22N2S. The van der Waals surface area contributed by atoms with Gasteiger partial charge in [-0.1, -0.05) is 50.2 Å². The fraction of sp³-hybridized carbons (Fsp3) is 0.278. The molecule has 0 aromatic heterocycles. The lowest BCUT2D eigenvalue weighted by Gasteiger charge is -2.19. The third kappa shape index (κ3) is 3.82. The summed E-state index contributed by atoms with van der Waals surface area (Å²) in [7, 11) is 0. The second kappa shape index (κ2) is 6.72. The molecule has 2 rings (SSSR count). The molecule has 0 radical (unpaired) electrons. The summed E-state index contributed by atoms with van der Waals surface area (Å²) in [6.07, 6.45) is 0. The van der Waals surface area contributed by atoms with Crippen molar-refractivity contribution >= 4 is 28.7 Å². The molecule has 3 heteroatoms. The third-order valence-electron chi connectivity index (χ3n) is 3.56. The first-order chi connectivity index (χ1) is 9.99. The summed E-state index contributed by atoms with van der Waals surface area (Å²) in [4.78, 5) is 0. The zero-order valence-corrected chi connectivity index (χ0v) is 13.8. The van der Waals surface area contributed by atoms with Crippen LogP contribution in [0, 0.1) is 13.8 Å². The van der Waals surface area contributed by atoms with E-state index in [2.05, 4.69) is 62.6 Å². The van der Waals surface area contributed by atoms with Gasteiger partial charge in [-0.3, -0.25) is 0 Å². The summed E-state index contributed by atoms with van der Waals surface area (Å²) in [6.45, 7) is 8.55. The van der Waals surface area contributed by atoms with Gasteiger partial charge in [0.2, 0.25) is 0 Å². The van der Waals surface area contributed by atoms with E-state index in [-0.39, 0.29) is 0 Å². The van der Waals surface area contributed by atoms with Gasteiger partial charge in [-0.15, -0.1) is 0 Å². The zero-order valence-electron chi connectivity index (χ0n) is 13.0. The van der Waals surface area contributed by atoms with Gasteiger partial charge >= 0.3 is 0 Å². The number of rotatable bonds is 3. The molecule has 0 unspecified atom stereocenters. The molecule has 0 bridgehead atoms. The lowest BCUT2D eigenvalue weighted by atomic mass is 9.98. The minimum atomic E-state index is 0.452. The number of thiocarbonyl (C=S) groups is 1. The Morgan fingerprint density at radius 3 is 2.24 bits per heavy atom. The number of benzene rings is 2. The van der Waals surface area contributed by atoms with Crippen LogP contribution in [-0.2, 0) is 0 Å². The quantitative estimate of drug-likeness (QED) is 0.758. The molecule has 0 saturated carbocycles. The molecule has 2 aromatic carbocycles. The second-order valence-electron chi connectivity index (χ2n) is 5.59. The monoisotopic (exact) mass is 298 g/mol. The van der Waals surface area contributed by atoms with Gasteiger partial charge in [0.05, 0.1) is 0 Å². The number of nitrogens with one attached hydrogen (secondary N) is 2. The average Bonchev–Trinajstić information content (AvgIpc) is 2.43. The lowest BCUT2D eigenvalue weighted by Crippen LogP contribution is -2.21. The van der Waals surface area contributed by atoms with Crippen LogP contribution in [0.5, 0.6) is 0 Å². The van der Waals surface area contributed by atoms with Crippen molar-refractivity contribution in [3.8, 4) is 0 Å². The molecule has 0 atom stereocenters. The van der Waals surface area contributed by atoms with Gasteiger partial charge in [0.15, 0.2) is 5.11 Å². The van der Waals surface area contributed by atoms with E-state index in [4.69, 9.17) is 12.2 Å². The van der Waals surface area contributed by atoms with E-state index < -0.39 is 0 Å². The fourth-order valence-electron chi connectivity index (χ4n) is 2.32. The molecule has 0 amide bonds. The van der Waals surface area contributed by atoms with Crippen LogP contribution < -0.4 is 10.6 Å². The Morgan fingerprint density at radius 1 is 0.905 bits per heavy atom. The Balaban J connectivity index is 2.19. The highest BCUT2D eigenvalue weighted by molar-refractivity contribution is 7.80. The highest BCUT2D eigenvalue weighted by Gasteiger charge is 2.10. The molecule has 0 saturated heterocycles. The Bertz CT molecular complexity index is 647. The van der Waals surface area contributed by atoms with Crippen LogP contribution in [0.3, 0.4) is 0 Å². The zero-order chi connectivity index (χ0) is 15.4. The van der Waals surface area contributed by atoms with Crippen molar-refractivity contribution in [3.63, 3.8) is 0 Å². The van der Waals surface area contributed by atoms with Crippen molar-refractivity contribution in [2.75, 3.05) is 10.6 Å². The molecule has 0 aliphatic heterocycles. The van der Waals surface area contributed by atoms with Crippen LogP contribution in [0.2, 0.25) is 0 Å². The molecule has 110 valence electrons. The van der Waals surface area contributed by atoms with Gasteiger partial charge in [0, 0.05) is 11.4 Å². The van der Waals surface area contributed by atoms with Crippen molar-refractivity contribution in [2.24, 2.45) is 0 Å². The van der Waals surface area contributed by atoms with Gasteiger partial charge in [-0.05, 0) is 54.7 Å². The summed E-state index contributed by atoms with van der Waals surface area (Å²) in [5.41, 5.74) is 5.81. The van der Waals surface area contributed by atoms with Crippen molar-refractivity contribution in [1.29, 1.82) is 0 Å². The summed E-state index contributed by atoms with van der Waals surface area (Å²) >= 11 is 5.46. The first-order valence-electron chi connectivity index (χ1n) is 7.22. The number of hydrogen-bond acceptors (Lipinski definition) is 1. The summed E-state index contributed by atoms with van der Waals surface area (Å²) in [5, 5.41) is 7.25. The normalized spacial score (nSPS) is 10.5. The molecule has 21 heavy (non-hydrogen) atoms. The van der Waals surface area contributed by atoms with Crippen LogP contribution >= 0.6 is 12.2 Å². The van der Waals surface area contributed by atoms with Crippen LogP contribution in [0.25, 0.3) is 0 Å².